The summed E-state index contributed by atoms with van der Waals surface area (Å²) in [5.74, 6) is 0.192. The fourth-order valence-electron chi connectivity index (χ4n) is 2.72. The van der Waals surface area contributed by atoms with Crippen LogP contribution in [0.15, 0.2) is 51.8 Å². The molecule has 0 amide bonds. The van der Waals surface area contributed by atoms with Gasteiger partial charge in [0, 0.05) is 10.2 Å². The van der Waals surface area contributed by atoms with Gasteiger partial charge in [0.05, 0.1) is 16.7 Å². The second-order valence-corrected chi connectivity index (χ2v) is 8.29. The smallest absolute Gasteiger partial charge is 0.178 e. The van der Waals surface area contributed by atoms with E-state index in [2.05, 4.69) is 21.2 Å². The van der Waals surface area contributed by atoms with E-state index in [0.717, 1.165) is 21.3 Å². The van der Waals surface area contributed by atoms with E-state index in [1.807, 2.05) is 37.3 Å². The van der Waals surface area contributed by atoms with Crippen molar-refractivity contribution in [2.24, 2.45) is 0 Å². The average molecular weight is 366 g/mol. The second kappa shape index (κ2) is 5.46. The predicted octanol–water partition coefficient (Wildman–Crippen LogP) is 4.09. The molecule has 0 aromatic heterocycles. The number of hydrogen-bond donors (Lipinski definition) is 1. The van der Waals surface area contributed by atoms with Crippen LogP contribution in [0.2, 0.25) is 0 Å². The lowest BCUT2D eigenvalue weighted by Gasteiger charge is -2.27. The van der Waals surface area contributed by atoms with E-state index in [9.17, 15) is 8.42 Å². The summed E-state index contributed by atoms with van der Waals surface area (Å²) in [5.41, 5.74) is 3.04. The van der Waals surface area contributed by atoms with Crippen molar-refractivity contribution >= 4 is 31.5 Å². The highest BCUT2D eigenvalue weighted by Crippen LogP contribution is 2.35. The molecule has 1 heterocycles. The zero-order valence-electron chi connectivity index (χ0n) is 11.6. The molecule has 5 heteroatoms. The van der Waals surface area contributed by atoms with E-state index in [1.165, 1.54) is 0 Å². The Morgan fingerprint density at radius 1 is 1.19 bits per heavy atom. The van der Waals surface area contributed by atoms with Crippen LogP contribution in [0.3, 0.4) is 0 Å². The van der Waals surface area contributed by atoms with Crippen molar-refractivity contribution in [3.8, 4) is 0 Å². The van der Waals surface area contributed by atoms with Crippen molar-refractivity contribution in [1.82, 2.24) is 0 Å². The van der Waals surface area contributed by atoms with Crippen molar-refractivity contribution in [2.75, 3.05) is 11.1 Å². The van der Waals surface area contributed by atoms with E-state index in [-0.39, 0.29) is 11.8 Å². The van der Waals surface area contributed by atoms with E-state index < -0.39 is 9.84 Å². The summed E-state index contributed by atoms with van der Waals surface area (Å²) in [6.45, 7) is 2.04. The van der Waals surface area contributed by atoms with Crippen LogP contribution in [0.4, 0.5) is 5.69 Å². The maximum absolute atomic E-state index is 12.1. The molecule has 3 rings (SSSR count). The molecule has 0 bridgehead atoms. The summed E-state index contributed by atoms with van der Waals surface area (Å²) < 4.78 is 25.3. The van der Waals surface area contributed by atoms with Crippen LogP contribution in [0, 0.1) is 6.92 Å². The van der Waals surface area contributed by atoms with Crippen LogP contribution in [0.1, 0.15) is 23.6 Å². The topological polar surface area (TPSA) is 46.2 Å². The first-order valence-corrected chi connectivity index (χ1v) is 9.26. The third-order valence-electron chi connectivity index (χ3n) is 3.82. The van der Waals surface area contributed by atoms with E-state index in [0.29, 0.717) is 11.3 Å². The largest absolute Gasteiger partial charge is 0.378 e. The summed E-state index contributed by atoms with van der Waals surface area (Å²) in [6.07, 6.45) is 0.592. The number of aryl methyl sites for hydroxylation is 1. The van der Waals surface area contributed by atoms with Crippen molar-refractivity contribution in [3.63, 3.8) is 0 Å². The second-order valence-electron chi connectivity index (χ2n) is 5.30. The molecule has 1 atom stereocenters. The fraction of sp³-hybridized carbons (Fsp3) is 0.250. The molecular weight excluding hydrogens is 350 g/mol. The van der Waals surface area contributed by atoms with Crippen molar-refractivity contribution in [3.05, 3.63) is 58.1 Å². The molecular formula is C16H16BrNO2S. The first-order chi connectivity index (χ1) is 9.97. The minimum Gasteiger partial charge on any atom is -0.378 e. The number of rotatable bonds is 2. The highest BCUT2D eigenvalue weighted by atomic mass is 79.9. The number of sulfone groups is 1. The molecule has 0 radical (unpaired) electrons. The minimum atomic E-state index is -3.13. The zero-order valence-corrected chi connectivity index (χ0v) is 14.0. The molecule has 0 aliphatic carbocycles. The van der Waals surface area contributed by atoms with Gasteiger partial charge in [0.2, 0.25) is 0 Å². The highest BCUT2D eigenvalue weighted by molar-refractivity contribution is 9.10. The Morgan fingerprint density at radius 3 is 2.71 bits per heavy atom. The Labute approximate surface area is 133 Å². The van der Waals surface area contributed by atoms with Gasteiger partial charge < -0.3 is 5.32 Å². The highest BCUT2D eigenvalue weighted by Gasteiger charge is 2.29. The molecule has 21 heavy (non-hydrogen) atoms. The van der Waals surface area contributed by atoms with E-state index in [1.54, 1.807) is 12.1 Å². The minimum absolute atomic E-state index is 0.0320. The monoisotopic (exact) mass is 365 g/mol. The van der Waals surface area contributed by atoms with Crippen LogP contribution in [-0.4, -0.2) is 14.2 Å². The van der Waals surface area contributed by atoms with Gasteiger partial charge in [-0.3, -0.25) is 0 Å². The molecule has 0 saturated heterocycles. The fourth-order valence-corrected chi connectivity index (χ4v) is 4.81. The summed E-state index contributed by atoms with van der Waals surface area (Å²) >= 11 is 3.46. The normalized spacial score (nSPS) is 19.8. The molecule has 1 N–H and O–H groups in total. The summed E-state index contributed by atoms with van der Waals surface area (Å²) in [4.78, 5) is 0.462. The number of halogens is 1. The lowest BCUT2D eigenvalue weighted by atomic mass is 10.0. The number of benzene rings is 2. The Bertz CT molecular complexity index is 787. The number of anilines is 1. The summed E-state index contributed by atoms with van der Waals surface area (Å²) in [5, 5.41) is 3.49. The first kappa shape index (κ1) is 14.6. The number of hydrogen-bond acceptors (Lipinski definition) is 3. The lowest BCUT2D eigenvalue weighted by molar-refractivity contribution is 0.576. The van der Waals surface area contributed by atoms with Crippen LogP contribution in [-0.2, 0) is 9.84 Å². The Kier molecular flexibility index (Phi) is 3.80. The Balaban J connectivity index is 1.97. The van der Waals surface area contributed by atoms with Gasteiger partial charge in [-0.25, -0.2) is 8.42 Å². The molecule has 1 aliphatic rings. The molecule has 3 nitrogen and oxygen atoms in total. The van der Waals surface area contributed by atoms with Crippen molar-refractivity contribution in [1.29, 1.82) is 0 Å². The Hall–Kier alpha value is -1.33. The van der Waals surface area contributed by atoms with Gasteiger partial charge in [-0.1, -0.05) is 34.1 Å². The van der Waals surface area contributed by atoms with E-state index >= 15 is 0 Å². The molecule has 2 aromatic carbocycles. The lowest BCUT2D eigenvalue weighted by Crippen LogP contribution is -2.24. The predicted molar refractivity (Wildman–Crippen MR) is 88.4 cm³/mol. The molecule has 0 spiro atoms. The van der Waals surface area contributed by atoms with Gasteiger partial charge in [0.25, 0.3) is 0 Å². The number of nitrogens with one attached hydrogen (secondary N) is 1. The zero-order chi connectivity index (χ0) is 15.0. The van der Waals surface area contributed by atoms with E-state index in [4.69, 9.17) is 0 Å². The standard InChI is InChI=1S/C16H16BrNO2S/c1-11-10-12(17)6-7-14(11)18-15-8-9-21(19,20)16-5-3-2-4-13(15)16/h2-7,10,15,18H,8-9H2,1H3. The maximum Gasteiger partial charge on any atom is 0.178 e. The summed E-state index contributed by atoms with van der Waals surface area (Å²) in [6, 6.07) is 13.4. The molecule has 0 fully saturated rings. The van der Waals surface area contributed by atoms with Crippen LogP contribution in [0.25, 0.3) is 0 Å². The third kappa shape index (κ3) is 2.85. The van der Waals surface area contributed by atoms with Gasteiger partial charge in [0.1, 0.15) is 0 Å². The average Bonchev–Trinajstić information content (AvgIpc) is 2.45. The van der Waals surface area contributed by atoms with Crippen molar-refractivity contribution in [2.45, 2.75) is 24.3 Å². The molecule has 1 aliphatic heterocycles. The Morgan fingerprint density at radius 2 is 1.95 bits per heavy atom. The maximum atomic E-state index is 12.1. The van der Waals surface area contributed by atoms with Gasteiger partial charge in [-0.2, -0.15) is 0 Å². The molecule has 2 aromatic rings. The first-order valence-electron chi connectivity index (χ1n) is 6.82. The van der Waals surface area contributed by atoms with Gasteiger partial charge >= 0.3 is 0 Å². The quantitative estimate of drug-likeness (QED) is 0.871. The van der Waals surface area contributed by atoms with Crippen LogP contribution < -0.4 is 5.32 Å². The summed E-state index contributed by atoms with van der Waals surface area (Å²) in [7, 11) is -3.13. The van der Waals surface area contributed by atoms with Gasteiger partial charge in [0.15, 0.2) is 9.84 Å². The van der Waals surface area contributed by atoms with Crippen LogP contribution in [0.5, 0.6) is 0 Å². The molecule has 0 saturated carbocycles. The third-order valence-corrected chi connectivity index (χ3v) is 6.13. The number of fused-ring (bicyclic) bond motifs is 1. The molecule has 110 valence electrons. The SMILES string of the molecule is Cc1cc(Br)ccc1NC1CCS(=O)(=O)c2ccccc21. The molecule has 1 unspecified atom stereocenters. The van der Waals surface area contributed by atoms with Crippen molar-refractivity contribution < 1.29 is 8.42 Å². The van der Waals surface area contributed by atoms with Gasteiger partial charge in [-0.05, 0) is 48.7 Å². The van der Waals surface area contributed by atoms with Gasteiger partial charge in [-0.15, -0.1) is 0 Å². The van der Waals surface area contributed by atoms with Crippen LogP contribution >= 0.6 is 15.9 Å².